The number of benzene rings is 2. The molecule has 0 unspecified atom stereocenters. The Bertz CT molecular complexity index is 1180. The maximum Gasteiger partial charge on any atom is 0.280 e. The Hall–Kier alpha value is -3.27. The van der Waals surface area contributed by atoms with Gasteiger partial charge in [-0.2, -0.15) is 4.98 Å². The molecule has 0 saturated heterocycles. The van der Waals surface area contributed by atoms with Crippen LogP contribution in [0.25, 0.3) is 33.3 Å². The van der Waals surface area contributed by atoms with Gasteiger partial charge in [-0.25, -0.2) is 0 Å². The van der Waals surface area contributed by atoms with Crippen LogP contribution in [0.3, 0.4) is 0 Å². The third-order valence-electron chi connectivity index (χ3n) is 4.98. The van der Waals surface area contributed by atoms with Gasteiger partial charge in [0.1, 0.15) is 0 Å². The van der Waals surface area contributed by atoms with Gasteiger partial charge in [-0.1, -0.05) is 30.3 Å². The summed E-state index contributed by atoms with van der Waals surface area (Å²) in [6, 6.07) is 18.5. The molecule has 26 heavy (non-hydrogen) atoms. The molecule has 0 atom stereocenters. The molecule has 0 radical (unpaired) electrons. The Morgan fingerprint density at radius 3 is 2.73 bits per heavy atom. The fraction of sp³-hybridized carbons (Fsp3) is 0.136. The van der Waals surface area contributed by atoms with Crippen molar-refractivity contribution in [1.82, 2.24) is 15.0 Å². The molecule has 4 aromatic rings. The van der Waals surface area contributed by atoms with E-state index in [1.54, 1.807) is 0 Å². The number of nitrogens with zero attached hydrogens (tertiary/aromatic N) is 2. The summed E-state index contributed by atoms with van der Waals surface area (Å²) in [5.41, 5.74) is 6.14. The molecule has 1 fully saturated rings. The first-order chi connectivity index (χ1) is 12.8. The van der Waals surface area contributed by atoms with E-state index in [0.717, 1.165) is 27.9 Å². The molecule has 2 aromatic carbocycles. The first-order valence-corrected chi connectivity index (χ1v) is 8.83. The van der Waals surface area contributed by atoms with Gasteiger partial charge in [0.2, 0.25) is 0 Å². The minimum absolute atomic E-state index is 0.214. The van der Waals surface area contributed by atoms with Crippen LogP contribution in [-0.4, -0.2) is 15.0 Å². The van der Waals surface area contributed by atoms with Crippen molar-refractivity contribution in [2.45, 2.75) is 18.8 Å². The van der Waals surface area contributed by atoms with Crippen LogP contribution in [0.2, 0.25) is 0 Å². The Kier molecular flexibility index (Phi) is 3.42. The first-order valence-electron chi connectivity index (χ1n) is 8.83. The second kappa shape index (κ2) is 5.92. The van der Waals surface area contributed by atoms with Crippen molar-refractivity contribution < 1.29 is 0 Å². The van der Waals surface area contributed by atoms with E-state index >= 15 is 0 Å². The number of aromatic nitrogens is 3. The summed E-state index contributed by atoms with van der Waals surface area (Å²) in [6.07, 6.45) is 5.84. The number of H-pyrrole nitrogens is 1. The summed E-state index contributed by atoms with van der Waals surface area (Å²) < 4.78 is 0. The number of hydrogen-bond acceptors (Lipinski definition) is 3. The van der Waals surface area contributed by atoms with Crippen molar-refractivity contribution in [2.75, 3.05) is 0 Å². The maximum atomic E-state index is 11.9. The lowest BCUT2D eigenvalue weighted by Crippen LogP contribution is -2.05. The van der Waals surface area contributed by atoms with Crippen molar-refractivity contribution in [3.8, 4) is 22.4 Å². The van der Waals surface area contributed by atoms with E-state index in [-0.39, 0.29) is 5.56 Å². The summed E-state index contributed by atoms with van der Waals surface area (Å²) in [5.74, 6) is 0.709. The molecule has 5 rings (SSSR count). The van der Waals surface area contributed by atoms with Gasteiger partial charge in [0.15, 0.2) is 0 Å². The smallest absolute Gasteiger partial charge is 0.280 e. The van der Waals surface area contributed by atoms with Gasteiger partial charge >= 0.3 is 0 Å². The van der Waals surface area contributed by atoms with Crippen molar-refractivity contribution in [3.05, 3.63) is 83.0 Å². The molecule has 0 amide bonds. The molecule has 0 spiro atoms. The highest BCUT2D eigenvalue weighted by Crippen LogP contribution is 2.41. The van der Waals surface area contributed by atoms with Gasteiger partial charge in [0, 0.05) is 17.3 Å². The third kappa shape index (κ3) is 2.60. The van der Waals surface area contributed by atoms with Gasteiger partial charge in [-0.05, 0) is 54.2 Å². The molecule has 2 heterocycles. The van der Waals surface area contributed by atoms with Crippen molar-refractivity contribution in [1.29, 1.82) is 0 Å². The summed E-state index contributed by atoms with van der Waals surface area (Å²) in [6.45, 7) is 0. The largest absolute Gasteiger partial charge is 0.346 e. The summed E-state index contributed by atoms with van der Waals surface area (Å²) in [7, 11) is 0. The average Bonchev–Trinajstić information content (AvgIpc) is 3.53. The number of nitrogens with one attached hydrogen (secondary N) is 1. The van der Waals surface area contributed by atoms with Crippen LogP contribution in [0.15, 0.2) is 71.9 Å². The number of aromatic amines is 1. The molecule has 1 N–H and O–H groups in total. The van der Waals surface area contributed by atoms with Crippen LogP contribution in [0.5, 0.6) is 0 Å². The quantitative estimate of drug-likeness (QED) is 0.596. The number of hydrogen-bond donors (Lipinski definition) is 1. The van der Waals surface area contributed by atoms with E-state index in [0.29, 0.717) is 11.3 Å². The lowest BCUT2D eigenvalue weighted by Gasteiger charge is -2.11. The first kappa shape index (κ1) is 15.0. The third-order valence-corrected chi connectivity index (χ3v) is 4.98. The Labute approximate surface area is 150 Å². The van der Waals surface area contributed by atoms with E-state index in [1.165, 1.54) is 24.7 Å². The van der Waals surface area contributed by atoms with Gasteiger partial charge < -0.3 is 4.98 Å². The zero-order valence-electron chi connectivity index (χ0n) is 14.1. The Morgan fingerprint density at radius 1 is 0.923 bits per heavy atom. The SMILES string of the molecule is O=c1nc[nH]c2cc(-c3cccnc3-c3cccc(C4CC4)c3)ccc12. The van der Waals surface area contributed by atoms with E-state index in [1.807, 2.05) is 30.5 Å². The monoisotopic (exact) mass is 339 g/mol. The van der Waals surface area contributed by atoms with Gasteiger partial charge in [-0.15, -0.1) is 0 Å². The zero-order chi connectivity index (χ0) is 17.5. The molecule has 1 saturated carbocycles. The second-order valence-electron chi connectivity index (χ2n) is 6.77. The van der Waals surface area contributed by atoms with Crippen molar-refractivity contribution in [3.63, 3.8) is 0 Å². The lowest BCUT2D eigenvalue weighted by molar-refractivity contribution is 1.13. The second-order valence-corrected chi connectivity index (χ2v) is 6.77. The molecule has 4 nitrogen and oxygen atoms in total. The molecular formula is C22H17N3O. The highest BCUT2D eigenvalue weighted by molar-refractivity contribution is 5.87. The van der Waals surface area contributed by atoms with Gasteiger partial charge in [0.05, 0.1) is 22.9 Å². The molecule has 1 aliphatic carbocycles. The standard InChI is InChI=1S/C22H17N3O/c26-22-19-9-8-16(12-20(19)24-13-25-22)18-5-2-10-23-21(18)17-4-1-3-15(11-17)14-6-7-14/h1-5,8-14H,6-7H2,(H,24,25,26). The Morgan fingerprint density at radius 2 is 1.85 bits per heavy atom. The topological polar surface area (TPSA) is 58.6 Å². The van der Waals surface area contributed by atoms with Crippen LogP contribution in [0, 0.1) is 0 Å². The number of rotatable bonds is 3. The van der Waals surface area contributed by atoms with Crippen LogP contribution < -0.4 is 5.56 Å². The van der Waals surface area contributed by atoms with Crippen LogP contribution >= 0.6 is 0 Å². The Balaban J connectivity index is 1.67. The molecule has 4 heteroatoms. The van der Waals surface area contributed by atoms with Gasteiger partial charge in [0.25, 0.3) is 5.56 Å². The minimum atomic E-state index is -0.214. The summed E-state index contributed by atoms with van der Waals surface area (Å²) in [5, 5.41) is 0.595. The zero-order valence-corrected chi connectivity index (χ0v) is 14.1. The normalized spacial score (nSPS) is 13.8. The molecule has 2 aromatic heterocycles. The molecule has 126 valence electrons. The van der Waals surface area contributed by atoms with E-state index in [9.17, 15) is 4.79 Å². The van der Waals surface area contributed by atoms with E-state index in [2.05, 4.69) is 45.3 Å². The fourth-order valence-electron chi connectivity index (χ4n) is 3.47. The van der Waals surface area contributed by atoms with Crippen molar-refractivity contribution >= 4 is 10.9 Å². The number of fused-ring (bicyclic) bond motifs is 1. The fourth-order valence-corrected chi connectivity index (χ4v) is 3.47. The van der Waals surface area contributed by atoms with Crippen LogP contribution in [0.4, 0.5) is 0 Å². The summed E-state index contributed by atoms with van der Waals surface area (Å²) in [4.78, 5) is 23.4. The molecule has 0 bridgehead atoms. The van der Waals surface area contributed by atoms with E-state index in [4.69, 9.17) is 0 Å². The molecule has 1 aliphatic rings. The number of pyridine rings is 1. The van der Waals surface area contributed by atoms with Crippen molar-refractivity contribution in [2.24, 2.45) is 0 Å². The maximum absolute atomic E-state index is 11.9. The molecular weight excluding hydrogens is 322 g/mol. The van der Waals surface area contributed by atoms with Crippen LogP contribution in [-0.2, 0) is 0 Å². The lowest BCUT2D eigenvalue weighted by atomic mass is 9.97. The summed E-state index contributed by atoms with van der Waals surface area (Å²) >= 11 is 0. The van der Waals surface area contributed by atoms with Gasteiger partial charge in [-0.3, -0.25) is 9.78 Å². The highest BCUT2D eigenvalue weighted by atomic mass is 16.1. The van der Waals surface area contributed by atoms with Crippen LogP contribution in [0.1, 0.15) is 24.3 Å². The predicted molar refractivity (Wildman–Crippen MR) is 103 cm³/mol. The molecule has 0 aliphatic heterocycles. The predicted octanol–water partition coefficient (Wildman–Crippen LogP) is 4.53. The average molecular weight is 339 g/mol. The highest BCUT2D eigenvalue weighted by Gasteiger charge is 2.23. The minimum Gasteiger partial charge on any atom is -0.346 e. The van der Waals surface area contributed by atoms with E-state index < -0.39 is 0 Å².